The van der Waals surface area contributed by atoms with Gasteiger partial charge in [0.2, 0.25) is 0 Å². The Bertz CT molecular complexity index is 624. The second-order valence-electron chi connectivity index (χ2n) is 3.58. The topological polar surface area (TPSA) is 57.5 Å². The summed E-state index contributed by atoms with van der Waals surface area (Å²) < 4.78 is 32.8. The van der Waals surface area contributed by atoms with Gasteiger partial charge in [-0.05, 0) is 24.3 Å². The highest BCUT2D eigenvalue weighted by atomic mass is 32.2. The SMILES string of the molecule is COc1cccc([N-]S(=O)(=O)c2ccccc2)c1. The Labute approximate surface area is 106 Å². The molecule has 0 heterocycles. The molecule has 0 fully saturated rings. The quantitative estimate of drug-likeness (QED) is 0.850. The van der Waals surface area contributed by atoms with Gasteiger partial charge in [0.1, 0.15) is 15.8 Å². The van der Waals surface area contributed by atoms with E-state index in [0.29, 0.717) is 11.4 Å². The summed E-state index contributed by atoms with van der Waals surface area (Å²) in [6.45, 7) is 0. The molecule has 0 unspecified atom stereocenters. The second kappa shape index (κ2) is 5.10. The van der Waals surface area contributed by atoms with Crippen LogP contribution in [-0.4, -0.2) is 15.5 Å². The number of ether oxygens (including phenoxy) is 1. The van der Waals surface area contributed by atoms with Gasteiger partial charge in [-0.25, -0.2) is 8.42 Å². The fourth-order valence-electron chi connectivity index (χ4n) is 1.45. The molecule has 0 bridgehead atoms. The third-order valence-electron chi connectivity index (χ3n) is 2.32. The average molecular weight is 262 g/mol. The number of benzene rings is 2. The van der Waals surface area contributed by atoms with Crippen LogP contribution in [0.1, 0.15) is 0 Å². The van der Waals surface area contributed by atoms with E-state index >= 15 is 0 Å². The highest BCUT2D eigenvalue weighted by molar-refractivity contribution is 7.94. The van der Waals surface area contributed by atoms with E-state index in [2.05, 4.69) is 4.72 Å². The fraction of sp³-hybridized carbons (Fsp3) is 0.0769. The highest BCUT2D eigenvalue weighted by Gasteiger charge is 2.03. The Morgan fingerprint density at radius 2 is 1.72 bits per heavy atom. The Morgan fingerprint density at radius 3 is 2.39 bits per heavy atom. The average Bonchev–Trinajstić information content (AvgIpc) is 2.39. The summed E-state index contributed by atoms with van der Waals surface area (Å²) in [4.78, 5) is 0.174. The predicted molar refractivity (Wildman–Crippen MR) is 69.6 cm³/mol. The van der Waals surface area contributed by atoms with Gasteiger partial charge in [0.15, 0.2) is 0 Å². The first kappa shape index (κ1) is 12.4. The standard InChI is InChI=1S/C13H12NO3S/c1-17-12-7-5-6-11(10-12)14-18(15,16)13-8-3-2-4-9-13/h2-10H,1H3/q-1. The maximum absolute atomic E-state index is 12.0. The maximum atomic E-state index is 12.0. The van der Waals surface area contributed by atoms with Crippen LogP contribution in [0.5, 0.6) is 5.75 Å². The molecule has 2 aromatic carbocycles. The Morgan fingerprint density at radius 1 is 1.00 bits per heavy atom. The summed E-state index contributed by atoms with van der Waals surface area (Å²) in [5, 5.41) is 0. The summed E-state index contributed by atoms with van der Waals surface area (Å²) >= 11 is 0. The third-order valence-corrected chi connectivity index (χ3v) is 3.64. The van der Waals surface area contributed by atoms with E-state index in [1.54, 1.807) is 42.5 Å². The summed E-state index contributed by atoms with van der Waals surface area (Å²) in [6.07, 6.45) is 0. The largest absolute Gasteiger partial charge is 0.573 e. The first-order valence-corrected chi connectivity index (χ1v) is 6.73. The molecule has 18 heavy (non-hydrogen) atoms. The number of hydrogen-bond donors (Lipinski definition) is 0. The summed E-state index contributed by atoms with van der Waals surface area (Å²) in [5.41, 5.74) is 0.346. The first-order valence-electron chi connectivity index (χ1n) is 5.29. The van der Waals surface area contributed by atoms with Crippen molar-refractivity contribution in [2.24, 2.45) is 0 Å². The molecular formula is C13H12NO3S-. The Balaban J connectivity index is 2.28. The Hall–Kier alpha value is -2.01. The van der Waals surface area contributed by atoms with E-state index < -0.39 is 10.0 Å². The number of sulfonamides is 1. The minimum atomic E-state index is -3.67. The number of methoxy groups -OCH3 is 1. The van der Waals surface area contributed by atoms with Crippen LogP contribution in [0.15, 0.2) is 59.5 Å². The molecule has 0 aliphatic carbocycles. The molecule has 2 rings (SSSR count). The molecule has 4 nitrogen and oxygen atoms in total. The van der Waals surface area contributed by atoms with E-state index in [1.807, 2.05) is 0 Å². The number of hydrogen-bond acceptors (Lipinski definition) is 3. The van der Waals surface area contributed by atoms with Crippen molar-refractivity contribution in [1.82, 2.24) is 0 Å². The molecule has 0 spiro atoms. The van der Waals surface area contributed by atoms with Crippen LogP contribution in [-0.2, 0) is 10.0 Å². The predicted octanol–water partition coefficient (Wildman–Crippen LogP) is 3.09. The van der Waals surface area contributed by atoms with Crippen LogP contribution in [0, 0.1) is 0 Å². The molecule has 2 aromatic rings. The molecule has 0 aliphatic rings. The maximum Gasteiger partial charge on any atom is 0.123 e. The monoisotopic (exact) mass is 262 g/mol. The molecule has 0 atom stereocenters. The van der Waals surface area contributed by atoms with Gasteiger partial charge < -0.3 is 9.46 Å². The summed E-state index contributed by atoms with van der Waals surface area (Å²) in [6, 6.07) is 14.7. The van der Waals surface area contributed by atoms with Crippen LogP contribution < -0.4 is 4.74 Å². The molecule has 0 saturated carbocycles. The van der Waals surface area contributed by atoms with E-state index in [9.17, 15) is 8.42 Å². The van der Waals surface area contributed by atoms with Gasteiger partial charge in [0, 0.05) is 0 Å². The minimum absolute atomic E-state index is 0.174. The summed E-state index contributed by atoms with van der Waals surface area (Å²) in [7, 11) is -2.15. The number of rotatable bonds is 4. The lowest BCUT2D eigenvalue weighted by Crippen LogP contribution is -1.97. The van der Waals surface area contributed by atoms with E-state index in [1.165, 1.54) is 19.2 Å². The molecule has 0 aliphatic heterocycles. The van der Waals surface area contributed by atoms with Crippen LogP contribution in [0.4, 0.5) is 5.69 Å². The van der Waals surface area contributed by atoms with Crippen molar-refractivity contribution < 1.29 is 13.2 Å². The zero-order valence-electron chi connectivity index (χ0n) is 9.78. The van der Waals surface area contributed by atoms with Crippen LogP contribution >= 0.6 is 0 Å². The van der Waals surface area contributed by atoms with Crippen molar-refractivity contribution in [3.63, 3.8) is 0 Å². The lowest BCUT2D eigenvalue weighted by molar-refractivity contribution is 0.415. The smallest absolute Gasteiger partial charge is 0.123 e. The van der Waals surface area contributed by atoms with Crippen molar-refractivity contribution in [3.8, 4) is 5.75 Å². The van der Waals surface area contributed by atoms with Gasteiger partial charge in [0.05, 0.1) is 12.0 Å². The van der Waals surface area contributed by atoms with Gasteiger partial charge in [-0.3, -0.25) is 0 Å². The van der Waals surface area contributed by atoms with Crippen molar-refractivity contribution >= 4 is 15.7 Å². The number of nitrogens with zero attached hydrogens (tertiary/aromatic N) is 1. The zero-order valence-corrected chi connectivity index (χ0v) is 10.6. The van der Waals surface area contributed by atoms with Crippen molar-refractivity contribution in [2.75, 3.05) is 7.11 Å². The van der Waals surface area contributed by atoms with E-state index in [-0.39, 0.29) is 4.90 Å². The van der Waals surface area contributed by atoms with Gasteiger partial charge in [-0.15, -0.1) is 5.69 Å². The van der Waals surface area contributed by atoms with Crippen LogP contribution in [0.3, 0.4) is 0 Å². The molecule has 5 heteroatoms. The fourth-order valence-corrected chi connectivity index (χ4v) is 2.45. The zero-order chi connectivity index (χ0) is 13.0. The molecule has 94 valence electrons. The van der Waals surface area contributed by atoms with Crippen LogP contribution in [0.25, 0.3) is 4.72 Å². The van der Waals surface area contributed by atoms with Crippen molar-refractivity contribution in [3.05, 3.63) is 59.3 Å². The van der Waals surface area contributed by atoms with Gasteiger partial charge in [0.25, 0.3) is 0 Å². The summed E-state index contributed by atoms with van der Waals surface area (Å²) in [5.74, 6) is 0.569. The van der Waals surface area contributed by atoms with Crippen molar-refractivity contribution in [1.29, 1.82) is 0 Å². The molecule has 0 N–H and O–H groups in total. The van der Waals surface area contributed by atoms with Gasteiger partial charge in [-0.2, -0.15) is 0 Å². The van der Waals surface area contributed by atoms with Gasteiger partial charge in [-0.1, -0.05) is 30.3 Å². The Kier molecular flexibility index (Phi) is 3.53. The molecule has 0 amide bonds. The normalized spacial score (nSPS) is 10.9. The van der Waals surface area contributed by atoms with Crippen molar-refractivity contribution in [2.45, 2.75) is 4.90 Å². The second-order valence-corrected chi connectivity index (χ2v) is 5.18. The van der Waals surface area contributed by atoms with Crippen LogP contribution in [0.2, 0.25) is 0 Å². The molecule has 0 radical (unpaired) electrons. The lowest BCUT2D eigenvalue weighted by atomic mass is 10.3. The van der Waals surface area contributed by atoms with Gasteiger partial charge >= 0.3 is 0 Å². The highest BCUT2D eigenvalue weighted by Crippen LogP contribution is 2.29. The third kappa shape index (κ3) is 2.81. The lowest BCUT2D eigenvalue weighted by Gasteiger charge is -2.22. The van der Waals surface area contributed by atoms with E-state index in [4.69, 9.17) is 4.74 Å². The van der Waals surface area contributed by atoms with E-state index in [0.717, 1.165) is 0 Å². The molecule has 0 saturated heterocycles. The molecular weight excluding hydrogens is 250 g/mol. The minimum Gasteiger partial charge on any atom is -0.573 e. The molecule has 0 aromatic heterocycles. The first-order chi connectivity index (χ1) is 8.62.